The molecule has 819 valence electrons. The Labute approximate surface area is 960 Å². The van der Waals surface area contributed by atoms with Gasteiger partial charge >= 0.3 is 41.4 Å². The molecule has 147 heavy (non-hydrogen) atoms. The Bertz CT molecular complexity index is 5480. The Morgan fingerprint density at radius 2 is 0.776 bits per heavy atom. The van der Waals surface area contributed by atoms with E-state index in [0.717, 1.165) is 83.5 Å². The summed E-state index contributed by atoms with van der Waals surface area (Å²) in [5.41, 5.74) is 12.2. The van der Waals surface area contributed by atoms with Crippen LogP contribution in [0.1, 0.15) is 296 Å². The normalized spacial score (nSPS) is 15.4. The van der Waals surface area contributed by atoms with E-state index in [0.29, 0.717) is 107 Å². The van der Waals surface area contributed by atoms with Crippen molar-refractivity contribution in [3.05, 3.63) is 291 Å². The predicted octanol–water partition coefficient (Wildman–Crippen LogP) is 22.7. The molecular formula is C105H152Cl5LiMnN4O22S8Ti. The molecule has 5 saturated heterocycles. The SMILES string of the molecule is C.C.C.C1CCOC1.CC(C)(C)C(N)=O.CC(C)(C)S(=O)N=C(c1cccc(Cl)c1)c1csc(C2OCCO2)c1.CC(NS(=O)C(C)(C)C)(c1cccc(Cl)c1)c1csc(C2OCCO2)c1.CC(NS(=O)C(C)(C)C)(c1cccc(Cl)c1)c1csc(C=O)c1.CCO.CCO.CCO.CCO.O=C(c1cccc(Cl)c1)c1csc(C2OCCO2)c1.OC(c1cccc(Cl)c1)c1csc(C2OCCO2)c1.[2H]CC.[CH3-].[Li+].[O]=[Mn]=[O].[Ti]. The van der Waals surface area contributed by atoms with E-state index in [-0.39, 0.29) is 139 Å². The Kier molecular flexibility index (Phi) is 78.0. The monoisotopic (exact) mass is 2360 g/mol. The van der Waals surface area contributed by atoms with Gasteiger partial charge in [0.1, 0.15) is 17.1 Å². The molecule has 0 spiro atoms. The first-order valence-corrected chi connectivity index (χ1v) is 55.5. The number of nitrogens with two attached hydrogens (primary N) is 1. The van der Waals surface area contributed by atoms with Gasteiger partial charge in [0.2, 0.25) is 5.91 Å². The smallest absolute Gasteiger partial charge is 0 e. The summed E-state index contributed by atoms with van der Waals surface area (Å²) in [6, 6.07) is 46.4. The number of carbonyl (C=O) groups is 3. The van der Waals surface area contributed by atoms with E-state index in [1.165, 1.54) is 46.9 Å². The molecule has 0 bridgehead atoms. The van der Waals surface area contributed by atoms with E-state index >= 15 is 0 Å². The fraction of sp³-hybridized carbons (Fsp3) is 0.476. The number of aliphatic hydroxyl groups excluding tert-OH is 5. The molecule has 5 aliphatic heterocycles. The van der Waals surface area contributed by atoms with Crippen molar-refractivity contribution >= 4 is 171 Å². The van der Waals surface area contributed by atoms with Crippen LogP contribution in [0.2, 0.25) is 25.1 Å². The Hall–Kier alpha value is -4.23. The third-order valence-corrected chi connectivity index (χ3v) is 29.5. The number of hydrogen-bond acceptors (Lipinski definition) is 27. The van der Waals surface area contributed by atoms with Crippen molar-refractivity contribution in [1.82, 2.24) is 9.44 Å². The summed E-state index contributed by atoms with van der Waals surface area (Å²) >= 11 is 36.4. The number of rotatable bonds is 20. The number of carbonyl (C=O) groups excluding carboxylic acids is 3. The topological polar surface area (TPSA) is 383 Å². The number of nitrogens with zero attached hydrogens (tertiary/aromatic N) is 1. The predicted molar refractivity (Wildman–Crippen MR) is 598 cm³/mol. The quantitative estimate of drug-likeness (QED) is 0.0115. The van der Waals surface area contributed by atoms with Gasteiger partial charge in [0.25, 0.3) is 0 Å². The van der Waals surface area contributed by atoms with Crippen LogP contribution >= 0.6 is 115 Å². The van der Waals surface area contributed by atoms with Crippen LogP contribution in [0.3, 0.4) is 0 Å². The van der Waals surface area contributed by atoms with Crippen LogP contribution in [0, 0.1) is 12.8 Å². The number of benzene rings is 5. The maximum Gasteiger partial charge on any atom is 0 e. The van der Waals surface area contributed by atoms with Crippen molar-refractivity contribution in [2.24, 2.45) is 15.5 Å². The molecule has 5 fully saturated rings. The molecule has 9 N–H and O–H groups in total. The van der Waals surface area contributed by atoms with E-state index in [9.17, 15) is 32.1 Å². The second kappa shape index (κ2) is 78.0. The van der Waals surface area contributed by atoms with Gasteiger partial charge in [-0.15, -0.1) is 56.7 Å². The third kappa shape index (κ3) is 53.4. The molecule has 15 rings (SSSR count). The number of ketones is 1. The fourth-order valence-corrected chi connectivity index (χ4v) is 19.4. The second-order valence-electron chi connectivity index (χ2n) is 34.3. The van der Waals surface area contributed by atoms with Gasteiger partial charge in [0.05, 0.1) is 130 Å². The van der Waals surface area contributed by atoms with Gasteiger partial charge in [-0.2, -0.15) is 4.40 Å². The largest absolute Gasteiger partial charge is 0 e. The number of nitrogens with one attached hydrogen (secondary N) is 2. The van der Waals surface area contributed by atoms with Crippen molar-refractivity contribution in [2.45, 2.75) is 230 Å². The molecule has 0 radical (unpaired) electrons. The van der Waals surface area contributed by atoms with E-state index in [1.54, 1.807) is 121 Å². The number of hydrogen-bond donors (Lipinski definition) is 8. The number of thiophene rings is 5. The van der Waals surface area contributed by atoms with Crippen molar-refractivity contribution in [3.63, 3.8) is 0 Å². The number of ether oxygens (including phenoxy) is 9. The average Bonchev–Trinajstić information content (AvgIpc) is 1.68. The first kappa shape index (κ1) is 147. The first-order chi connectivity index (χ1) is 67.1. The summed E-state index contributed by atoms with van der Waals surface area (Å²) < 4.78 is 120. The van der Waals surface area contributed by atoms with Crippen LogP contribution in [0.15, 0.2) is 183 Å². The molecule has 10 aromatic rings. The first-order valence-electron chi connectivity index (χ1n) is 45.6. The summed E-state index contributed by atoms with van der Waals surface area (Å²) in [6.45, 7) is 43.5. The minimum atomic E-state index is -1.44. The molecular weight excluding hydrogens is 2210 g/mol. The van der Waals surface area contributed by atoms with Gasteiger partial charge < -0.3 is 81.3 Å². The number of primary amides is 1. The van der Waals surface area contributed by atoms with Gasteiger partial charge in [-0.05, 0) is 257 Å². The summed E-state index contributed by atoms with van der Waals surface area (Å²) in [5, 5.41) is 53.4. The van der Waals surface area contributed by atoms with Crippen LogP contribution in [0.25, 0.3) is 0 Å². The zero-order chi connectivity index (χ0) is 107. The van der Waals surface area contributed by atoms with Crippen LogP contribution in [0.4, 0.5) is 0 Å². The van der Waals surface area contributed by atoms with E-state index < -0.39 is 79.2 Å². The molecule has 6 unspecified atom stereocenters. The van der Waals surface area contributed by atoms with E-state index in [4.69, 9.17) is 136 Å². The van der Waals surface area contributed by atoms with Gasteiger partial charge in [-0.25, -0.2) is 22.1 Å². The zero-order valence-electron chi connectivity index (χ0n) is 86.5. The molecule has 1 amide bonds. The van der Waals surface area contributed by atoms with Gasteiger partial charge in [-0.1, -0.05) is 176 Å². The summed E-state index contributed by atoms with van der Waals surface area (Å²) in [7, 11) is -3.92. The molecule has 5 aromatic carbocycles. The summed E-state index contributed by atoms with van der Waals surface area (Å²) in [5.74, 6) is -0.296. The van der Waals surface area contributed by atoms with Crippen LogP contribution in [-0.4, -0.2) is 169 Å². The molecule has 5 aliphatic rings. The Morgan fingerprint density at radius 3 is 1.12 bits per heavy atom. The minimum Gasteiger partial charge on any atom is 0 e. The number of aldehydes is 1. The van der Waals surface area contributed by atoms with Gasteiger partial charge in [0, 0.05) is 126 Å². The maximum atomic E-state index is 12.9. The minimum absolute atomic E-state index is 0. The zero-order valence-corrected chi connectivity index (χ0v) is 98.6. The van der Waals surface area contributed by atoms with E-state index in [2.05, 4.69) is 25.3 Å². The fourth-order valence-electron chi connectivity index (χ4n) is 11.5. The van der Waals surface area contributed by atoms with Crippen molar-refractivity contribution < 1.29 is 160 Å². The Balaban J connectivity index is -0.000000811. The number of amides is 1. The van der Waals surface area contributed by atoms with Crippen LogP contribution < -0.4 is 34.0 Å². The van der Waals surface area contributed by atoms with Crippen molar-refractivity contribution in [3.8, 4) is 0 Å². The van der Waals surface area contributed by atoms with Crippen molar-refractivity contribution in [2.75, 3.05) is 92.5 Å². The molecule has 0 saturated carbocycles. The Morgan fingerprint density at radius 1 is 0.463 bits per heavy atom. The van der Waals surface area contributed by atoms with Gasteiger partial charge in [0.15, 0.2) is 37.2 Å². The van der Waals surface area contributed by atoms with E-state index in [1.807, 2.05) is 201 Å². The third-order valence-electron chi connectivity index (χ3n) is 18.8. The number of aliphatic hydroxyl groups is 5. The molecule has 6 atom stereocenters. The second-order valence-corrected chi connectivity index (χ2v) is 47.2. The molecule has 42 heteroatoms. The maximum absolute atomic E-state index is 12.9. The molecule has 5 aromatic heterocycles. The van der Waals surface area contributed by atoms with Crippen molar-refractivity contribution in [1.29, 1.82) is 0 Å². The molecule has 26 nitrogen and oxygen atoms in total. The van der Waals surface area contributed by atoms with Crippen LogP contribution in [-0.2, 0) is 136 Å². The standard InChI is InChI=1S/C19H24ClNO3S2.C18H20ClNO3S2.C17H20ClNO2S2.C14H13ClO3S.C14H11ClO3S.C5H11NO.C4H8O.4C2H6O.C2H6.3CH4.CH3.Li.Mn.2O.Ti/c1-18(2,3)26(22)21-19(4,13-6-5-7-15(20)10-13)14-11-16(25-12-14)17-23-8-9-24-17;1-18(2,3)25(21)20-16(12-5-4-6-14(19)9-12)13-10-15(24-11-13)17-22-7-8-23-17;1-16(2,3)23(21)19-17(4,12-6-5-7-14(18)8-12)13-9-15(10-20)22-11-13;2*15-11-3-1-2-9(6-11)13(16)10-7-12(19-8-10)14-17-4-5-18-14;1-5(2,3)4(6)7;1-2-4-5-3-1;4*1-2-3;1-2;;;;;;;;;/h5-7,10-12,17,21H,8-9H2,1-4H3;4-6,9-11,17H,7-8H2,1-3H3;5-11,19H,1-4H3;1-3,6-8,13-14,16H,4-5H2;1-3,6-8,14H,4-5H2;1-3H3,(H2,6,7);1-4H2;4*3H,2H2,1H3;1-2H3;3*1H4;1H3;;;;;/q;;;;;;;;;;;;;;;-1;+1;;;;/i;;;;;;;;;;;1D;;;;;;;;;. The van der Waals surface area contributed by atoms with Gasteiger partial charge in [-0.3, -0.25) is 14.4 Å². The average molecular weight is 2370 g/mol. The number of halogens is 5. The summed E-state index contributed by atoms with van der Waals surface area (Å²) in [4.78, 5) is 38.1. The molecule has 0 aliphatic carbocycles. The molecule has 10 heterocycles. The van der Waals surface area contributed by atoms with Crippen LogP contribution in [0.5, 0.6) is 0 Å². The summed E-state index contributed by atoms with van der Waals surface area (Å²) in [6.07, 6.45) is 1.45.